The summed E-state index contributed by atoms with van der Waals surface area (Å²) in [5.41, 5.74) is 3.77. The number of pyridine rings is 1. The standard InChI is InChI=1S/C18H20N4O4/c1-12(9-17(23)20-13-5-4-8-19-11-13)21-22-18(24)15-7-6-14(25-2)10-16(15)26-3/h4-8,10-11H,9H2,1-3H3,(H,20,23)(H,22,24)/b21-12-. The SMILES string of the molecule is COc1ccc(C(=O)N/N=C(/C)CC(=O)Nc2cccnc2)c(OC)c1. The summed E-state index contributed by atoms with van der Waals surface area (Å²) in [4.78, 5) is 28.1. The number of carbonyl (C=O) groups excluding carboxylic acids is 2. The number of nitrogens with zero attached hydrogens (tertiary/aromatic N) is 2. The average molecular weight is 356 g/mol. The van der Waals surface area contributed by atoms with Gasteiger partial charge >= 0.3 is 0 Å². The Bertz CT molecular complexity index is 806. The van der Waals surface area contributed by atoms with Gasteiger partial charge in [0.15, 0.2) is 0 Å². The van der Waals surface area contributed by atoms with Gasteiger partial charge < -0.3 is 14.8 Å². The molecule has 136 valence electrons. The van der Waals surface area contributed by atoms with Crippen LogP contribution in [0.25, 0.3) is 0 Å². The van der Waals surface area contributed by atoms with Crippen molar-refractivity contribution in [3.8, 4) is 11.5 Å². The smallest absolute Gasteiger partial charge is 0.275 e. The van der Waals surface area contributed by atoms with E-state index >= 15 is 0 Å². The van der Waals surface area contributed by atoms with Gasteiger partial charge in [0.05, 0.1) is 38.1 Å². The molecule has 2 amide bonds. The minimum absolute atomic E-state index is 0.0366. The highest BCUT2D eigenvalue weighted by Gasteiger charge is 2.13. The minimum Gasteiger partial charge on any atom is -0.497 e. The van der Waals surface area contributed by atoms with Crippen molar-refractivity contribution in [3.63, 3.8) is 0 Å². The molecule has 0 saturated heterocycles. The number of amides is 2. The maximum Gasteiger partial charge on any atom is 0.275 e. The van der Waals surface area contributed by atoms with Crippen LogP contribution >= 0.6 is 0 Å². The summed E-state index contributed by atoms with van der Waals surface area (Å²) in [5.74, 6) is 0.237. The maximum absolute atomic E-state index is 12.3. The molecule has 0 bridgehead atoms. The van der Waals surface area contributed by atoms with Crippen LogP contribution in [-0.2, 0) is 4.79 Å². The van der Waals surface area contributed by atoms with Gasteiger partial charge in [-0.25, -0.2) is 5.43 Å². The Morgan fingerprint density at radius 1 is 1.19 bits per heavy atom. The Morgan fingerprint density at radius 3 is 2.65 bits per heavy atom. The quantitative estimate of drug-likeness (QED) is 0.585. The lowest BCUT2D eigenvalue weighted by Gasteiger charge is -2.09. The van der Waals surface area contributed by atoms with E-state index < -0.39 is 5.91 Å². The summed E-state index contributed by atoms with van der Waals surface area (Å²) in [5, 5.41) is 6.65. The van der Waals surface area contributed by atoms with Crippen LogP contribution in [-0.4, -0.2) is 36.7 Å². The highest BCUT2D eigenvalue weighted by atomic mass is 16.5. The molecular weight excluding hydrogens is 336 g/mol. The molecule has 0 aliphatic rings. The van der Waals surface area contributed by atoms with Gasteiger partial charge in [0, 0.05) is 18.0 Å². The van der Waals surface area contributed by atoms with Crippen LogP contribution in [0.2, 0.25) is 0 Å². The molecule has 2 aromatic rings. The fourth-order valence-electron chi connectivity index (χ4n) is 2.11. The predicted molar refractivity (Wildman–Crippen MR) is 97.6 cm³/mol. The van der Waals surface area contributed by atoms with Crippen LogP contribution < -0.4 is 20.2 Å². The molecule has 0 saturated carbocycles. The first-order chi connectivity index (χ1) is 12.5. The van der Waals surface area contributed by atoms with Crippen LogP contribution in [0.3, 0.4) is 0 Å². The van der Waals surface area contributed by atoms with Gasteiger partial charge in [-0.2, -0.15) is 5.10 Å². The van der Waals surface area contributed by atoms with Gasteiger partial charge in [0.1, 0.15) is 11.5 Å². The Hall–Kier alpha value is -3.42. The molecule has 1 heterocycles. The fourth-order valence-corrected chi connectivity index (χ4v) is 2.11. The van der Waals surface area contributed by atoms with E-state index in [1.165, 1.54) is 14.2 Å². The van der Waals surface area contributed by atoms with Gasteiger partial charge in [-0.3, -0.25) is 14.6 Å². The van der Waals surface area contributed by atoms with E-state index in [0.29, 0.717) is 28.5 Å². The van der Waals surface area contributed by atoms with E-state index in [2.05, 4.69) is 20.8 Å². The van der Waals surface area contributed by atoms with Gasteiger partial charge in [-0.05, 0) is 31.2 Å². The number of anilines is 1. The van der Waals surface area contributed by atoms with E-state index in [-0.39, 0.29) is 12.3 Å². The normalized spacial score (nSPS) is 10.8. The lowest BCUT2D eigenvalue weighted by molar-refractivity contribution is -0.115. The number of rotatable bonds is 7. The monoisotopic (exact) mass is 356 g/mol. The number of benzene rings is 1. The van der Waals surface area contributed by atoms with Crippen molar-refractivity contribution < 1.29 is 19.1 Å². The van der Waals surface area contributed by atoms with Crippen molar-refractivity contribution in [2.75, 3.05) is 19.5 Å². The molecule has 1 aromatic heterocycles. The molecule has 0 spiro atoms. The number of methoxy groups -OCH3 is 2. The second-order valence-corrected chi connectivity index (χ2v) is 5.32. The number of aromatic nitrogens is 1. The lowest BCUT2D eigenvalue weighted by Crippen LogP contribution is -2.22. The predicted octanol–water partition coefficient (Wildman–Crippen LogP) is 2.23. The zero-order valence-corrected chi connectivity index (χ0v) is 14.8. The van der Waals surface area contributed by atoms with Crippen LogP contribution in [0.1, 0.15) is 23.7 Å². The van der Waals surface area contributed by atoms with E-state index in [0.717, 1.165) is 0 Å². The number of ether oxygens (including phenoxy) is 2. The number of hydrogen-bond acceptors (Lipinski definition) is 6. The van der Waals surface area contributed by atoms with E-state index in [1.54, 1.807) is 49.6 Å². The summed E-state index contributed by atoms with van der Waals surface area (Å²) in [6, 6.07) is 8.28. The molecule has 2 N–H and O–H groups in total. The lowest BCUT2D eigenvalue weighted by atomic mass is 10.2. The largest absolute Gasteiger partial charge is 0.497 e. The molecule has 0 fully saturated rings. The molecule has 8 heteroatoms. The number of carbonyl (C=O) groups is 2. The van der Waals surface area contributed by atoms with Crippen LogP contribution in [0, 0.1) is 0 Å². The third kappa shape index (κ3) is 5.30. The first kappa shape index (κ1) is 18.9. The van der Waals surface area contributed by atoms with Crippen LogP contribution in [0.5, 0.6) is 11.5 Å². The summed E-state index contributed by atoms with van der Waals surface area (Å²) < 4.78 is 10.3. The highest BCUT2D eigenvalue weighted by Crippen LogP contribution is 2.24. The van der Waals surface area contributed by atoms with Crippen molar-refractivity contribution in [2.24, 2.45) is 5.10 Å². The number of hydrogen-bond donors (Lipinski definition) is 2. The summed E-state index contributed by atoms with van der Waals surface area (Å²) in [6.07, 6.45) is 3.20. The van der Waals surface area contributed by atoms with Gasteiger partial charge in [0.2, 0.25) is 5.91 Å². The first-order valence-corrected chi connectivity index (χ1v) is 7.79. The maximum atomic E-state index is 12.3. The Kier molecular flexibility index (Phi) is 6.67. The molecule has 8 nitrogen and oxygen atoms in total. The molecular formula is C18H20N4O4. The molecule has 0 atom stereocenters. The summed E-state index contributed by atoms with van der Waals surface area (Å²) in [7, 11) is 2.99. The first-order valence-electron chi connectivity index (χ1n) is 7.79. The van der Waals surface area contributed by atoms with Gasteiger partial charge in [0.25, 0.3) is 5.91 Å². The van der Waals surface area contributed by atoms with E-state index in [4.69, 9.17) is 9.47 Å². The van der Waals surface area contributed by atoms with Crippen LogP contribution in [0.15, 0.2) is 47.8 Å². The zero-order valence-electron chi connectivity index (χ0n) is 14.8. The van der Waals surface area contributed by atoms with Crippen molar-refractivity contribution in [3.05, 3.63) is 48.3 Å². The van der Waals surface area contributed by atoms with E-state index in [9.17, 15) is 9.59 Å². The third-order valence-corrected chi connectivity index (χ3v) is 3.36. The molecule has 2 rings (SSSR count). The third-order valence-electron chi connectivity index (χ3n) is 3.36. The van der Waals surface area contributed by atoms with Crippen molar-refractivity contribution in [1.29, 1.82) is 0 Å². The van der Waals surface area contributed by atoms with E-state index in [1.807, 2.05) is 0 Å². The molecule has 1 aromatic carbocycles. The van der Waals surface area contributed by atoms with Gasteiger partial charge in [-0.1, -0.05) is 0 Å². The number of hydrazone groups is 1. The molecule has 0 aliphatic carbocycles. The average Bonchev–Trinajstić information content (AvgIpc) is 2.66. The Morgan fingerprint density at radius 2 is 2.00 bits per heavy atom. The molecule has 26 heavy (non-hydrogen) atoms. The molecule has 0 aliphatic heterocycles. The molecule has 0 radical (unpaired) electrons. The Labute approximate surface area is 151 Å². The molecule has 0 unspecified atom stereocenters. The number of nitrogens with one attached hydrogen (secondary N) is 2. The highest BCUT2D eigenvalue weighted by molar-refractivity contribution is 6.06. The van der Waals surface area contributed by atoms with Crippen molar-refractivity contribution in [1.82, 2.24) is 10.4 Å². The van der Waals surface area contributed by atoms with Crippen molar-refractivity contribution in [2.45, 2.75) is 13.3 Å². The second kappa shape index (κ2) is 9.16. The topological polar surface area (TPSA) is 102 Å². The van der Waals surface area contributed by atoms with Gasteiger partial charge in [-0.15, -0.1) is 0 Å². The second-order valence-electron chi connectivity index (χ2n) is 5.32. The van der Waals surface area contributed by atoms with Crippen molar-refractivity contribution >= 4 is 23.2 Å². The minimum atomic E-state index is -0.448. The summed E-state index contributed by atoms with van der Waals surface area (Å²) >= 11 is 0. The fraction of sp³-hybridized carbons (Fsp3) is 0.222. The zero-order chi connectivity index (χ0) is 18.9. The Balaban J connectivity index is 1.95. The summed E-state index contributed by atoms with van der Waals surface area (Å²) in [6.45, 7) is 1.65. The van der Waals surface area contributed by atoms with Crippen LogP contribution in [0.4, 0.5) is 5.69 Å².